The minimum absolute atomic E-state index is 0.0773. The number of aromatic nitrogens is 4. The molecule has 0 saturated carbocycles. The fraction of sp³-hybridized carbons (Fsp3) is 0.417. The lowest BCUT2D eigenvalue weighted by Gasteiger charge is -2.03. The zero-order valence-electron chi connectivity index (χ0n) is 10.6. The van der Waals surface area contributed by atoms with Crippen LogP contribution in [0, 0.1) is 0 Å². The molecule has 96 valence electrons. The number of carbonyl (C=O) groups is 1. The highest BCUT2D eigenvalue weighted by Crippen LogP contribution is 2.06. The van der Waals surface area contributed by atoms with E-state index in [0.29, 0.717) is 18.5 Å². The summed E-state index contributed by atoms with van der Waals surface area (Å²) < 4.78 is 1.67. The van der Waals surface area contributed by atoms with Gasteiger partial charge in [-0.25, -0.2) is 4.98 Å². The summed E-state index contributed by atoms with van der Waals surface area (Å²) in [6.45, 7) is 2.55. The first-order chi connectivity index (χ1) is 8.70. The van der Waals surface area contributed by atoms with Crippen molar-refractivity contribution in [2.24, 2.45) is 7.05 Å². The average Bonchev–Trinajstić information content (AvgIpc) is 2.98. The van der Waals surface area contributed by atoms with E-state index in [2.05, 4.69) is 20.4 Å². The van der Waals surface area contributed by atoms with E-state index in [4.69, 9.17) is 0 Å². The molecule has 0 atom stereocenters. The standard InChI is InChI=1S/C12H17N5O/c1-3-10-9(8-17(2)16-10)12(18)15-5-4-11-13-6-7-14-11/h6-8H,3-5H2,1-2H3,(H,13,14)(H,15,18). The molecular weight excluding hydrogens is 230 g/mol. The molecular formula is C12H17N5O. The molecule has 6 heteroatoms. The summed E-state index contributed by atoms with van der Waals surface area (Å²) in [5.74, 6) is 0.795. The van der Waals surface area contributed by atoms with Gasteiger partial charge in [-0.1, -0.05) is 6.92 Å². The first-order valence-corrected chi connectivity index (χ1v) is 5.99. The molecule has 18 heavy (non-hydrogen) atoms. The Bertz CT molecular complexity index is 515. The molecule has 0 aromatic carbocycles. The number of aryl methyl sites for hydroxylation is 2. The highest BCUT2D eigenvalue weighted by molar-refractivity contribution is 5.95. The van der Waals surface area contributed by atoms with Gasteiger partial charge in [0.1, 0.15) is 5.82 Å². The summed E-state index contributed by atoms with van der Waals surface area (Å²) in [5.41, 5.74) is 1.48. The van der Waals surface area contributed by atoms with Crippen LogP contribution in [-0.2, 0) is 19.9 Å². The van der Waals surface area contributed by atoms with Crippen LogP contribution in [0.5, 0.6) is 0 Å². The van der Waals surface area contributed by atoms with Crippen molar-refractivity contribution >= 4 is 5.91 Å². The van der Waals surface area contributed by atoms with Gasteiger partial charge in [0.15, 0.2) is 0 Å². The number of hydrogen-bond donors (Lipinski definition) is 2. The van der Waals surface area contributed by atoms with E-state index in [0.717, 1.165) is 17.9 Å². The molecule has 0 saturated heterocycles. The number of H-pyrrole nitrogens is 1. The maximum Gasteiger partial charge on any atom is 0.254 e. The third-order valence-electron chi connectivity index (χ3n) is 2.69. The topological polar surface area (TPSA) is 75.6 Å². The Balaban J connectivity index is 1.91. The first-order valence-electron chi connectivity index (χ1n) is 5.99. The van der Waals surface area contributed by atoms with E-state index in [1.165, 1.54) is 0 Å². The summed E-state index contributed by atoms with van der Waals surface area (Å²) >= 11 is 0. The molecule has 2 aromatic rings. The third kappa shape index (κ3) is 2.77. The van der Waals surface area contributed by atoms with Gasteiger partial charge in [-0.15, -0.1) is 0 Å². The summed E-state index contributed by atoms with van der Waals surface area (Å²) in [6, 6.07) is 0. The minimum Gasteiger partial charge on any atom is -0.351 e. The van der Waals surface area contributed by atoms with Crippen LogP contribution in [0.2, 0.25) is 0 Å². The molecule has 0 fully saturated rings. The van der Waals surface area contributed by atoms with Crippen molar-refractivity contribution in [3.05, 3.63) is 35.7 Å². The van der Waals surface area contributed by atoms with E-state index in [1.807, 2.05) is 14.0 Å². The van der Waals surface area contributed by atoms with Crippen molar-refractivity contribution in [2.45, 2.75) is 19.8 Å². The van der Waals surface area contributed by atoms with Crippen molar-refractivity contribution in [3.63, 3.8) is 0 Å². The quantitative estimate of drug-likeness (QED) is 0.815. The van der Waals surface area contributed by atoms with Crippen molar-refractivity contribution in [1.29, 1.82) is 0 Å². The van der Waals surface area contributed by atoms with E-state index in [-0.39, 0.29) is 5.91 Å². The van der Waals surface area contributed by atoms with E-state index >= 15 is 0 Å². The predicted octanol–water partition coefficient (Wildman–Crippen LogP) is 0.678. The van der Waals surface area contributed by atoms with Gasteiger partial charge >= 0.3 is 0 Å². The second-order valence-electron chi connectivity index (χ2n) is 4.06. The van der Waals surface area contributed by atoms with Crippen LogP contribution in [0.25, 0.3) is 0 Å². The summed E-state index contributed by atoms with van der Waals surface area (Å²) in [4.78, 5) is 19.1. The Labute approximate surface area is 105 Å². The van der Waals surface area contributed by atoms with Crippen molar-refractivity contribution in [2.75, 3.05) is 6.54 Å². The van der Waals surface area contributed by atoms with Gasteiger partial charge in [-0.2, -0.15) is 5.10 Å². The Morgan fingerprint density at radius 2 is 2.39 bits per heavy atom. The van der Waals surface area contributed by atoms with Crippen LogP contribution in [-0.4, -0.2) is 32.2 Å². The maximum absolute atomic E-state index is 12.0. The zero-order valence-corrected chi connectivity index (χ0v) is 10.6. The van der Waals surface area contributed by atoms with Crippen LogP contribution in [0.1, 0.15) is 28.8 Å². The molecule has 0 unspecified atom stereocenters. The molecule has 2 aromatic heterocycles. The molecule has 2 N–H and O–H groups in total. The SMILES string of the molecule is CCc1nn(C)cc1C(=O)NCCc1ncc[nH]1. The highest BCUT2D eigenvalue weighted by atomic mass is 16.1. The van der Waals surface area contributed by atoms with Gasteiger partial charge in [-0.05, 0) is 6.42 Å². The predicted molar refractivity (Wildman–Crippen MR) is 67.2 cm³/mol. The smallest absolute Gasteiger partial charge is 0.254 e. The number of amides is 1. The van der Waals surface area contributed by atoms with Gasteiger partial charge in [0, 0.05) is 38.6 Å². The molecule has 0 spiro atoms. The number of imidazole rings is 1. The van der Waals surface area contributed by atoms with E-state index in [1.54, 1.807) is 23.3 Å². The van der Waals surface area contributed by atoms with Gasteiger partial charge in [0.2, 0.25) is 0 Å². The molecule has 0 aliphatic carbocycles. The Hall–Kier alpha value is -2.11. The van der Waals surface area contributed by atoms with Crippen molar-refractivity contribution in [3.8, 4) is 0 Å². The number of nitrogens with zero attached hydrogens (tertiary/aromatic N) is 3. The molecule has 0 radical (unpaired) electrons. The number of nitrogens with one attached hydrogen (secondary N) is 2. The van der Waals surface area contributed by atoms with Gasteiger partial charge in [0.25, 0.3) is 5.91 Å². The van der Waals surface area contributed by atoms with Gasteiger partial charge in [0.05, 0.1) is 11.3 Å². The normalized spacial score (nSPS) is 10.6. The van der Waals surface area contributed by atoms with Gasteiger partial charge < -0.3 is 10.3 Å². The molecule has 6 nitrogen and oxygen atoms in total. The maximum atomic E-state index is 12.0. The third-order valence-corrected chi connectivity index (χ3v) is 2.69. The average molecular weight is 247 g/mol. The molecule has 1 amide bonds. The number of aromatic amines is 1. The Kier molecular flexibility index (Phi) is 3.76. The lowest BCUT2D eigenvalue weighted by Crippen LogP contribution is -2.26. The fourth-order valence-electron chi connectivity index (χ4n) is 1.81. The van der Waals surface area contributed by atoms with Gasteiger partial charge in [-0.3, -0.25) is 9.48 Å². The molecule has 2 rings (SSSR count). The fourth-order valence-corrected chi connectivity index (χ4v) is 1.81. The lowest BCUT2D eigenvalue weighted by atomic mass is 10.2. The van der Waals surface area contributed by atoms with Crippen LogP contribution in [0.15, 0.2) is 18.6 Å². The zero-order chi connectivity index (χ0) is 13.0. The first kappa shape index (κ1) is 12.3. The summed E-state index contributed by atoms with van der Waals surface area (Å²) in [5, 5.41) is 7.12. The van der Waals surface area contributed by atoms with Crippen LogP contribution in [0.4, 0.5) is 0 Å². The number of hydrogen-bond acceptors (Lipinski definition) is 3. The Morgan fingerprint density at radius 1 is 1.56 bits per heavy atom. The van der Waals surface area contributed by atoms with Crippen molar-refractivity contribution < 1.29 is 4.79 Å². The Morgan fingerprint density at radius 3 is 3.06 bits per heavy atom. The molecule has 0 aliphatic rings. The van der Waals surface area contributed by atoms with E-state index in [9.17, 15) is 4.79 Å². The number of rotatable bonds is 5. The second-order valence-corrected chi connectivity index (χ2v) is 4.06. The summed E-state index contributed by atoms with van der Waals surface area (Å²) in [6.07, 6.45) is 6.67. The largest absolute Gasteiger partial charge is 0.351 e. The van der Waals surface area contributed by atoms with Crippen LogP contribution < -0.4 is 5.32 Å². The van der Waals surface area contributed by atoms with Crippen LogP contribution in [0.3, 0.4) is 0 Å². The highest BCUT2D eigenvalue weighted by Gasteiger charge is 2.13. The lowest BCUT2D eigenvalue weighted by molar-refractivity contribution is 0.0953. The second kappa shape index (κ2) is 5.48. The van der Waals surface area contributed by atoms with Crippen LogP contribution >= 0.6 is 0 Å². The number of carbonyl (C=O) groups excluding carboxylic acids is 1. The van der Waals surface area contributed by atoms with Crippen molar-refractivity contribution in [1.82, 2.24) is 25.1 Å². The molecule has 0 bridgehead atoms. The minimum atomic E-state index is -0.0773. The monoisotopic (exact) mass is 247 g/mol. The molecule has 2 heterocycles. The summed E-state index contributed by atoms with van der Waals surface area (Å²) in [7, 11) is 1.82. The molecule has 0 aliphatic heterocycles. The van der Waals surface area contributed by atoms with E-state index < -0.39 is 0 Å².